The van der Waals surface area contributed by atoms with Gasteiger partial charge in [-0.1, -0.05) is 15.9 Å². The van der Waals surface area contributed by atoms with Crippen LogP contribution in [0.4, 0.5) is 0 Å². The number of carbonyl (C=O) groups is 3. The van der Waals surface area contributed by atoms with Gasteiger partial charge in [0.25, 0.3) is 5.91 Å². The largest absolute Gasteiger partial charge is 0.496 e. The molecule has 0 aliphatic carbocycles. The summed E-state index contributed by atoms with van der Waals surface area (Å²) in [5.41, 5.74) is 6.06. The SMILES string of the molecule is COc1ccc(Br)cc1C1C2C(=O)N(C)C(=O)C2ON1C(C)C(N)=O. The van der Waals surface area contributed by atoms with Gasteiger partial charge >= 0.3 is 0 Å². The highest BCUT2D eigenvalue weighted by atomic mass is 79.9. The summed E-state index contributed by atoms with van der Waals surface area (Å²) < 4.78 is 6.18. The molecule has 4 atom stereocenters. The summed E-state index contributed by atoms with van der Waals surface area (Å²) in [5.74, 6) is -1.67. The number of benzene rings is 1. The molecule has 2 aliphatic rings. The van der Waals surface area contributed by atoms with Crippen molar-refractivity contribution in [2.45, 2.75) is 25.1 Å². The van der Waals surface area contributed by atoms with Gasteiger partial charge in [0, 0.05) is 17.1 Å². The normalized spacial score (nSPS) is 27.5. The van der Waals surface area contributed by atoms with Gasteiger partial charge in [0.05, 0.1) is 19.1 Å². The Labute approximate surface area is 152 Å². The summed E-state index contributed by atoms with van der Waals surface area (Å²) in [6.45, 7) is 1.57. The van der Waals surface area contributed by atoms with Gasteiger partial charge in [-0.05, 0) is 25.1 Å². The number of amides is 3. The lowest BCUT2D eigenvalue weighted by atomic mass is 9.89. The summed E-state index contributed by atoms with van der Waals surface area (Å²) >= 11 is 3.40. The number of carbonyl (C=O) groups excluding carboxylic acids is 3. The molecule has 134 valence electrons. The summed E-state index contributed by atoms with van der Waals surface area (Å²) in [4.78, 5) is 43.4. The number of hydroxylamine groups is 2. The van der Waals surface area contributed by atoms with Crippen molar-refractivity contribution >= 4 is 33.7 Å². The van der Waals surface area contributed by atoms with Crippen LogP contribution < -0.4 is 10.5 Å². The number of rotatable bonds is 4. The van der Waals surface area contributed by atoms with Gasteiger partial charge in [0.1, 0.15) is 11.8 Å². The minimum Gasteiger partial charge on any atom is -0.496 e. The van der Waals surface area contributed by atoms with Crippen molar-refractivity contribution in [3.8, 4) is 5.75 Å². The van der Waals surface area contributed by atoms with Crippen molar-refractivity contribution < 1.29 is 24.0 Å². The summed E-state index contributed by atoms with van der Waals surface area (Å²) in [6, 6.07) is 3.81. The third kappa shape index (κ3) is 2.72. The van der Waals surface area contributed by atoms with Crippen molar-refractivity contribution in [1.82, 2.24) is 9.96 Å². The summed E-state index contributed by atoms with van der Waals surface area (Å²) in [7, 11) is 2.93. The number of primary amides is 1. The van der Waals surface area contributed by atoms with E-state index in [9.17, 15) is 14.4 Å². The molecule has 25 heavy (non-hydrogen) atoms. The molecule has 0 bridgehead atoms. The number of imide groups is 1. The Morgan fingerprint density at radius 3 is 2.64 bits per heavy atom. The molecule has 0 saturated carbocycles. The molecule has 2 aliphatic heterocycles. The van der Waals surface area contributed by atoms with Crippen LogP contribution in [0.5, 0.6) is 5.75 Å². The Morgan fingerprint density at radius 2 is 2.04 bits per heavy atom. The van der Waals surface area contributed by atoms with Gasteiger partial charge < -0.3 is 10.5 Å². The first-order chi connectivity index (χ1) is 11.8. The number of fused-ring (bicyclic) bond motifs is 1. The molecule has 0 aromatic heterocycles. The zero-order valence-electron chi connectivity index (χ0n) is 13.9. The standard InChI is InChI=1S/C16H18BrN3O5/c1-7(14(18)21)20-12(9-6-8(17)4-5-10(9)24-3)11-13(25-20)16(23)19(2)15(11)22/h4-7,11-13H,1-3H3,(H2,18,21). The molecule has 2 fully saturated rings. The fraction of sp³-hybridized carbons (Fsp3) is 0.438. The molecule has 2 N–H and O–H groups in total. The van der Waals surface area contributed by atoms with E-state index in [1.807, 2.05) is 0 Å². The third-order valence-electron chi connectivity index (χ3n) is 4.67. The maximum Gasteiger partial charge on any atom is 0.261 e. The Morgan fingerprint density at radius 1 is 1.36 bits per heavy atom. The van der Waals surface area contributed by atoms with Crippen LogP contribution >= 0.6 is 15.9 Å². The van der Waals surface area contributed by atoms with Gasteiger partial charge in [-0.25, -0.2) is 0 Å². The van der Waals surface area contributed by atoms with Crippen LogP contribution in [0.15, 0.2) is 22.7 Å². The third-order valence-corrected chi connectivity index (χ3v) is 5.16. The maximum atomic E-state index is 12.6. The highest BCUT2D eigenvalue weighted by Crippen LogP contribution is 2.48. The molecule has 3 rings (SSSR count). The van der Waals surface area contributed by atoms with Gasteiger partial charge in [-0.3, -0.25) is 24.1 Å². The molecule has 0 radical (unpaired) electrons. The molecule has 4 unspecified atom stereocenters. The van der Waals surface area contributed by atoms with Gasteiger partial charge in [0.2, 0.25) is 11.8 Å². The van der Waals surface area contributed by atoms with E-state index in [0.717, 1.165) is 9.37 Å². The number of ether oxygens (including phenoxy) is 1. The van der Waals surface area contributed by atoms with Gasteiger partial charge in [-0.2, -0.15) is 5.06 Å². The number of likely N-dealkylation sites (tertiary alicyclic amines) is 1. The van der Waals surface area contributed by atoms with Crippen LogP contribution in [0.1, 0.15) is 18.5 Å². The van der Waals surface area contributed by atoms with E-state index in [2.05, 4.69) is 15.9 Å². The van der Waals surface area contributed by atoms with Crippen molar-refractivity contribution in [3.05, 3.63) is 28.2 Å². The Kier molecular flexibility index (Phi) is 4.56. The smallest absolute Gasteiger partial charge is 0.261 e. The van der Waals surface area contributed by atoms with E-state index in [0.29, 0.717) is 11.3 Å². The molecular formula is C16H18BrN3O5. The molecule has 2 heterocycles. The Bertz CT molecular complexity index is 755. The van der Waals surface area contributed by atoms with E-state index in [1.54, 1.807) is 25.1 Å². The first-order valence-corrected chi connectivity index (χ1v) is 8.46. The average molecular weight is 412 g/mol. The number of nitrogens with two attached hydrogens (primary N) is 1. The number of halogens is 1. The van der Waals surface area contributed by atoms with Crippen LogP contribution in [0.25, 0.3) is 0 Å². The molecule has 8 nitrogen and oxygen atoms in total. The molecule has 3 amide bonds. The van der Waals surface area contributed by atoms with E-state index in [1.165, 1.54) is 19.2 Å². The number of hydrogen-bond donors (Lipinski definition) is 1. The van der Waals surface area contributed by atoms with E-state index < -0.39 is 35.9 Å². The zero-order chi connectivity index (χ0) is 18.5. The van der Waals surface area contributed by atoms with Crippen LogP contribution in [-0.2, 0) is 19.2 Å². The lowest BCUT2D eigenvalue weighted by Gasteiger charge is -2.30. The average Bonchev–Trinajstić information content (AvgIpc) is 3.06. The van der Waals surface area contributed by atoms with Gasteiger partial charge in [-0.15, -0.1) is 0 Å². The second kappa shape index (κ2) is 6.40. The van der Waals surface area contributed by atoms with E-state index in [-0.39, 0.29) is 5.91 Å². The topological polar surface area (TPSA) is 102 Å². The summed E-state index contributed by atoms with van der Waals surface area (Å²) in [6.07, 6.45) is -0.979. The number of hydrogen-bond acceptors (Lipinski definition) is 6. The molecule has 1 aromatic rings. The minimum absolute atomic E-state index is 0.360. The molecular weight excluding hydrogens is 394 g/mol. The summed E-state index contributed by atoms with van der Waals surface area (Å²) in [5, 5.41) is 1.34. The second-order valence-electron chi connectivity index (χ2n) is 6.06. The first-order valence-electron chi connectivity index (χ1n) is 7.67. The Balaban J connectivity index is 2.14. The first kappa shape index (κ1) is 17.8. The predicted octanol–water partition coefficient (Wildman–Crippen LogP) is 0.603. The van der Waals surface area contributed by atoms with Crippen LogP contribution in [0, 0.1) is 5.92 Å². The lowest BCUT2D eigenvalue weighted by molar-refractivity contribution is -0.196. The Hall–Kier alpha value is -1.97. The monoisotopic (exact) mass is 411 g/mol. The molecule has 9 heteroatoms. The fourth-order valence-electron chi connectivity index (χ4n) is 3.30. The van der Waals surface area contributed by atoms with Crippen LogP contribution in [0.3, 0.4) is 0 Å². The minimum atomic E-state index is -0.979. The molecule has 2 saturated heterocycles. The number of likely N-dealkylation sites (N-methyl/N-ethyl adjacent to an activating group) is 1. The number of nitrogens with zero attached hydrogens (tertiary/aromatic N) is 2. The van der Waals surface area contributed by atoms with E-state index >= 15 is 0 Å². The molecule has 0 spiro atoms. The lowest BCUT2D eigenvalue weighted by Crippen LogP contribution is -2.44. The van der Waals surface area contributed by atoms with Crippen LogP contribution in [0.2, 0.25) is 0 Å². The van der Waals surface area contributed by atoms with Crippen molar-refractivity contribution in [3.63, 3.8) is 0 Å². The highest BCUT2D eigenvalue weighted by Gasteiger charge is 2.60. The predicted molar refractivity (Wildman–Crippen MR) is 90.1 cm³/mol. The maximum absolute atomic E-state index is 12.6. The van der Waals surface area contributed by atoms with Crippen molar-refractivity contribution in [2.75, 3.05) is 14.2 Å². The molecule has 1 aromatic carbocycles. The highest BCUT2D eigenvalue weighted by molar-refractivity contribution is 9.10. The van der Waals surface area contributed by atoms with Crippen molar-refractivity contribution in [1.29, 1.82) is 0 Å². The van der Waals surface area contributed by atoms with Crippen LogP contribution in [-0.4, -0.2) is 54.0 Å². The second-order valence-corrected chi connectivity index (χ2v) is 6.97. The fourth-order valence-corrected chi connectivity index (χ4v) is 3.68. The van der Waals surface area contributed by atoms with Crippen molar-refractivity contribution in [2.24, 2.45) is 11.7 Å². The van der Waals surface area contributed by atoms with Gasteiger partial charge in [0.15, 0.2) is 6.10 Å². The zero-order valence-corrected chi connectivity index (χ0v) is 15.5. The number of methoxy groups -OCH3 is 1. The van der Waals surface area contributed by atoms with E-state index in [4.69, 9.17) is 15.3 Å². The quantitative estimate of drug-likeness (QED) is 0.727.